The van der Waals surface area contributed by atoms with Crippen molar-refractivity contribution in [2.45, 2.75) is 52.2 Å². The summed E-state index contributed by atoms with van der Waals surface area (Å²) in [4.78, 5) is 4.29. The van der Waals surface area contributed by atoms with Crippen molar-refractivity contribution in [2.75, 3.05) is 6.61 Å². The maximum atomic E-state index is 5.58. The molecule has 0 spiro atoms. The fourth-order valence-corrected chi connectivity index (χ4v) is 1.65. The zero-order chi connectivity index (χ0) is 12.3. The Kier molecular flexibility index (Phi) is 7.60. The van der Waals surface area contributed by atoms with Crippen LogP contribution >= 0.6 is 0 Å². The largest absolute Gasteiger partial charge is 0.375 e. The monoisotopic (exact) mass is 236 g/mol. The first-order valence-corrected chi connectivity index (χ1v) is 6.58. The predicted molar refractivity (Wildman–Crippen MR) is 70.5 cm³/mol. The Balaban J connectivity index is 2.05. The van der Waals surface area contributed by atoms with Crippen LogP contribution in [0.25, 0.3) is 0 Å². The number of nitrogens with zero attached hydrogens (tertiary/aromatic N) is 1. The molecule has 17 heavy (non-hydrogen) atoms. The van der Waals surface area contributed by atoms with E-state index >= 15 is 0 Å². The van der Waals surface area contributed by atoms with E-state index in [1.165, 1.54) is 25.7 Å². The molecule has 0 fully saturated rings. The van der Waals surface area contributed by atoms with Crippen molar-refractivity contribution in [3.63, 3.8) is 0 Å². The van der Waals surface area contributed by atoms with E-state index in [1.807, 2.05) is 18.3 Å². The van der Waals surface area contributed by atoms with Crippen LogP contribution in [0, 0.1) is 0 Å². The van der Waals surface area contributed by atoms with Gasteiger partial charge < -0.3 is 10.5 Å². The molecule has 2 N–H and O–H groups in total. The third-order valence-electron chi connectivity index (χ3n) is 2.76. The molecule has 1 aromatic heterocycles. The molecule has 0 aromatic carbocycles. The average molecular weight is 236 g/mol. The van der Waals surface area contributed by atoms with Crippen LogP contribution in [-0.2, 0) is 17.9 Å². The summed E-state index contributed by atoms with van der Waals surface area (Å²) >= 11 is 0. The molecule has 0 saturated carbocycles. The van der Waals surface area contributed by atoms with E-state index in [-0.39, 0.29) is 0 Å². The second-order valence-corrected chi connectivity index (χ2v) is 4.33. The Morgan fingerprint density at radius 1 is 1.18 bits per heavy atom. The highest BCUT2D eigenvalue weighted by Crippen LogP contribution is 2.04. The van der Waals surface area contributed by atoms with Crippen molar-refractivity contribution in [2.24, 2.45) is 5.73 Å². The van der Waals surface area contributed by atoms with Gasteiger partial charge in [0.1, 0.15) is 0 Å². The lowest BCUT2D eigenvalue weighted by atomic mass is 10.2. The third kappa shape index (κ3) is 6.39. The minimum Gasteiger partial charge on any atom is -0.375 e. The summed E-state index contributed by atoms with van der Waals surface area (Å²) < 4.78 is 5.58. The van der Waals surface area contributed by atoms with Crippen LogP contribution in [0.1, 0.15) is 50.3 Å². The third-order valence-corrected chi connectivity index (χ3v) is 2.76. The number of hydrogen-bond donors (Lipinski definition) is 1. The van der Waals surface area contributed by atoms with Crippen LogP contribution in [-0.4, -0.2) is 11.6 Å². The Labute approximate surface area is 104 Å². The lowest BCUT2D eigenvalue weighted by molar-refractivity contribution is 0.114. The fraction of sp³-hybridized carbons (Fsp3) is 0.643. The van der Waals surface area contributed by atoms with Crippen molar-refractivity contribution >= 4 is 0 Å². The van der Waals surface area contributed by atoms with Crippen molar-refractivity contribution < 1.29 is 4.74 Å². The molecule has 0 aliphatic heterocycles. The number of rotatable bonds is 9. The zero-order valence-electron chi connectivity index (χ0n) is 10.8. The topological polar surface area (TPSA) is 48.1 Å². The summed E-state index contributed by atoms with van der Waals surface area (Å²) in [7, 11) is 0. The predicted octanol–water partition coefficient (Wildman–Crippen LogP) is 3.03. The minimum absolute atomic E-state index is 0.547. The molecule has 0 saturated heterocycles. The Morgan fingerprint density at radius 3 is 2.65 bits per heavy atom. The van der Waals surface area contributed by atoms with Crippen LogP contribution in [0.4, 0.5) is 0 Å². The van der Waals surface area contributed by atoms with Crippen LogP contribution in [0.5, 0.6) is 0 Å². The number of pyridine rings is 1. The quantitative estimate of drug-likeness (QED) is 0.670. The van der Waals surface area contributed by atoms with Gasteiger partial charge in [0.05, 0.1) is 12.3 Å². The van der Waals surface area contributed by atoms with Gasteiger partial charge in [-0.1, -0.05) is 38.7 Å². The van der Waals surface area contributed by atoms with Crippen LogP contribution in [0.3, 0.4) is 0 Å². The summed E-state index contributed by atoms with van der Waals surface area (Å²) in [5.41, 5.74) is 7.55. The second-order valence-electron chi connectivity index (χ2n) is 4.33. The SMILES string of the molecule is CCCCCCCOCc1ccc(CN)cn1. The highest BCUT2D eigenvalue weighted by molar-refractivity contribution is 5.13. The number of aromatic nitrogens is 1. The lowest BCUT2D eigenvalue weighted by Crippen LogP contribution is -2.00. The molecule has 0 bridgehead atoms. The van der Waals surface area contributed by atoms with Gasteiger partial charge in [-0.15, -0.1) is 0 Å². The molecular formula is C14H24N2O. The van der Waals surface area contributed by atoms with E-state index in [9.17, 15) is 0 Å². The molecular weight excluding hydrogens is 212 g/mol. The van der Waals surface area contributed by atoms with Crippen molar-refractivity contribution in [3.05, 3.63) is 29.6 Å². The van der Waals surface area contributed by atoms with E-state index in [1.54, 1.807) is 0 Å². The number of nitrogens with two attached hydrogens (primary N) is 1. The number of ether oxygens (including phenoxy) is 1. The maximum Gasteiger partial charge on any atom is 0.0887 e. The Bertz CT molecular complexity index is 285. The maximum absolute atomic E-state index is 5.58. The molecule has 1 heterocycles. The molecule has 0 aliphatic carbocycles. The van der Waals surface area contributed by atoms with E-state index in [0.717, 1.165) is 24.3 Å². The first-order valence-electron chi connectivity index (χ1n) is 6.58. The molecule has 3 nitrogen and oxygen atoms in total. The number of unbranched alkanes of at least 4 members (excludes halogenated alkanes) is 4. The Morgan fingerprint density at radius 2 is 2.00 bits per heavy atom. The molecule has 1 aromatic rings. The number of hydrogen-bond acceptors (Lipinski definition) is 3. The standard InChI is InChI=1S/C14H24N2O/c1-2-3-4-5-6-9-17-12-14-8-7-13(10-15)11-16-14/h7-8,11H,2-6,9-10,12,15H2,1H3. The van der Waals surface area contributed by atoms with Crippen LogP contribution < -0.4 is 5.73 Å². The molecule has 0 radical (unpaired) electrons. The van der Waals surface area contributed by atoms with Crippen molar-refractivity contribution in [3.8, 4) is 0 Å². The van der Waals surface area contributed by atoms with Gasteiger partial charge in [0.2, 0.25) is 0 Å². The zero-order valence-corrected chi connectivity index (χ0v) is 10.8. The van der Waals surface area contributed by atoms with Gasteiger partial charge in [0.15, 0.2) is 0 Å². The van der Waals surface area contributed by atoms with Gasteiger partial charge in [-0.25, -0.2) is 0 Å². The minimum atomic E-state index is 0.547. The van der Waals surface area contributed by atoms with Crippen LogP contribution in [0.2, 0.25) is 0 Å². The lowest BCUT2D eigenvalue weighted by Gasteiger charge is -2.04. The molecule has 3 heteroatoms. The van der Waals surface area contributed by atoms with Gasteiger partial charge in [-0.3, -0.25) is 4.98 Å². The van der Waals surface area contributed by atoms with E-state index in [2.05, 4.69) is 11.9 Å². The first kappa shape index (κ1) is 14.1. The van der Waals surface area contributed by atoms with E-state index in [0.29, 0.717) is 13.2 Å². The molecule has 0 amide bonds. The van der Waals surface area contributed by atoms with Crippen molar-refractivity contribution in [1.29, 1.82) is 0 Å². The van der Waals surface area contributed by atoms with Gasteiger partial charge in [0.25, 0.3) is 0 Å². The van der Waals surface area contributed by atoms with Gasteiger partial charge in [0, 0.05) is 19.3 Å². The smallest absolute Gasteiger partial charge is 0.0887 e. The average Bonchev–Trinajstić information content (AvgIpc) is 2.38. The highest BCUT2D eigenvalue weighted by atomic mass is 16.5. The summed E-state index contributed by atoms with van der Waals surface area (Å²) in [6, 6.07) is 3.99. The normalized spacial score (nSPS) is 10.7. The van der Waals surface area contributed by atoms with Gasteiger partial charge >= 0.3 is 0 Å². The van der Waals surface area contributed by atoms with Crippen LogP contribution in [0.15, 0.2) is 18.3 Å². The first-order chi connectivity index (χ1) is 8.36. The molecule has 1 rings (SSSR count). The Hall–Kier alpha value is -0.930. The molecule has 96 valence electrons. The van der Waals surface area contributed by atoms with E-state index in [4.69, 9.17) is 10.5 Å². The fourth-order valence-electron chi connectivity index (χ4n) is 1.65. The second kappa shape index (κ2) is 9.14. The summed E-state index contributed by atoms with van der Waals surface area (Å²) in [6.45, 7) is 4.22. The van der Waals surface area contributed by atoms with E-state index < -0.39 is 0 Å². The molecule has 0 aliphatic rings. The molecule has 0 atom stereocenters. The highest BCUT2D eigenvalue weighted by Gasteiger charge is 1.96. The van der Waals surface area contributed by atoms with Crippen molar-refractivity contribution in [1.82, 2.24) is 4.98 Å². The van der Waals surface area contributed by atoms with Gasteiger partial charge in [-0.2, -0.15) is 0 Å². The van der Waals surface area contributed by atoms with Gasteiger partial charge in [-0.05, 0) is 18.1 Å². The summed E-state index contributed by atoms with van der Waals surface area (Å²) in [5, 5.41) is 0. The summed E-state index contributed by atoms with van der Waals surface area (Å²) in [5.74, 6) is 0. The summed E-state index contributed by atoms with van der Waals surface area (Å²) in [6.07, 6.45) is 8.19. The molecule has 0 unspecified atom stereocenters.